The molecule has 1 heterocycles. The summed E-state index contributed by atoms with van der Waals surface area (Å²) in [5.41, 5.74) is 1.90. The molecule has 0 bridgehead atoms. The average Bonchev–Trinajstić information content (AvgIpc) is 2.73. The Morgan fingerprint density at radius 1 is 1.14 bits per heavy atom. The van der Waals surface area contributed by atoms with Crippen LogP contribution in [0.2, 0.25) is 0 Å². The van der Waals surface area contributed by atoms with Gasteiger partial charge in [-0.3, -0.25) is 9.59 Å². The van der Waals surface area contributed by atoms with Crippen molar-refractivity contribution in [3.8, 4) is 5.75 Å². The monoisotopic (exact) mass is 396 g/mol. The number of amides is 2. The number of likely N-dealkylation sites (tertiary alicyclic amines) is 1. The highest BCUT2D eigenvalue weighted by molar-refractivity contribution is 5.99. The standard InChI is InChI=1S/C22H24N2O5/c1-15-8-10-18(11-9-15)29-14-20(25)23-17-6-4-5-16(13-17)21(26)24-12-3-2-7-19(24)22(27)28/h4-6,8-11,13,19H,2-3,7,12,14H2,1H3,(H,23,25)(H,27,28). The molecule has 1 aliphatic rings. The normalized spacial score (nSPS) is 16.2. The van der Waals surface area contributed by atoms with Gasteiger partial charge in [0.2, 0.25) is 0 Å². The first-order chi connectivity index (χ1) is 13.9. The van der Waals surface area contributed by atoms with Crippen LogP contribution in [-0.2, 0) is 9.59 Å². The predicted molar refractivity (Wildman–Crippen MR) is 108 cm³/mol. The minimum atomic E-state index is -0.990. The van der Waals surface area contributed by atoms with Gasteiger partial charge in [-0.25, -0.2) is 4.79 Å². The Bertz CT molecular complexity index is 894. The molecular formula is C22H24N2O5. The number of carbonyl (C=O) groups is 3. The SMILES string of the molecule is Cc1ccc(OCC(=O)Nc2cccc(C(=O)N3CCCCC3C(=O)O)c2)cc1. The summed E-state index contributed by atoms with van der Waals surface area (Å²) in [7, 11) is 0. The lowest BCUT2D eigenvalue weighted by atomic mass is 10.0. The van der Waals surface area contributed by atoms with E-state index in [4.69, 9.17) is 4.74 Å². The summed E-state index contributed by atoms with van der Waals surface area (Å²) < 4.78 is 5.46. The molecule has 2 aromatic carbocycles. The number of carboxylic acid groups (broad SMARTS) is 1. The lowest BCUT2D eigenvalue weighted by molar-refractivity contribution is -0.143. The van der Waals surface area contributed by atoms with E-state index in [2.05, 4.69) is 5.32 Å². The molecule has 0 radical (unpaired) electrons. The van der Waals surface area contributed by atoms with Crippen molar-refractivity contribution in [1.82, 2.24) is 4.90 Å². The predicted octanol–water partition coefficient (Wildman–Crippen LogP) is 3.09. The van der Waals surface area contributed by atoms with Gasteiger partial charge >= 0.3 is 5.97 Å². The van der Waals surface area contributed by atoms with Crippen molar-refractivity contribution in [2.45, 2.75) is 32.2 Å². The number of carbonyl (C=O) groups excluding carboxylic acids is 2. The van der Waals surface area contributed by atoms with Crippen LogP contribution in [0.25, 0.3) is 0 Å². The summed E-state index contributed by atoms with van der Waals surface area (Å²) in [5.74, 6) is -1.09. The van der Waals surface area contributed by atoms with Crippen molar-refractivity contribution >= 4 is 23.5 Å². The summed E-state index contributed by atoms with van der Waals surface area (Å²) in [6, 6.07) is 13.1. The minimum absolute atomic E-state index is 0.158. The molecule has 1 fully saturated rings. The third kappa shape index (κ3) is 5.34. The number of piperidine rings is 1. The summed E-state index contributed by atoms with van der Waals surface area (Å²) in [5, 5.41) is 12.1. The Morgan fingerprint density at radius 3 is 2.62 bits per heavy atom. The fourth-order valence-corrected chi connectivity index (χ4v) is 3.31. The van der Waals surface area contributed by atoms with Crippen molar-refractivity contribution in [3.63, 3.8) is 0 Å². The van der Waals surface area contributed by atoms with Crippen LogP contribution >= 0.6 is 0 Å². The molecule has 7 nitrogen and oxygen atoms in total. The molecule has 1 saturated heterocycles. The third-order valence-electron chi connectivity index (χ3n) is 4.83. The maximum atomic E-state index is 12.8. The number of rotatable bonds is 6. The first-order valence-electron chi connectivity index (χ1n) is 9.57. The van der Waals surface area contributed by atoms with Gasteiger partial charge in [0.05, 0.1) is 0 Å². The van der Waals surface area contributed by atoms with E-state index < -0.39 is 12.0 Å². The van der Waals surface area contributed by atoms with E-state index in [1.807, 2.05) is 19.1 Å². The summed E-state index contributed by atoms with van der Waals surface area (Å²) in [6.07, 6.45) is 2.02. The number of aryl methyl sites for hydroxylation is 1. The van der Waals surface area contributed by atoms with Crippen LogP contribution in [0.15, 0.2) is 48.5 Å². The second-order valence-electron chi connectivity index (χ2n) is 7.08. The maximum absolute atomic E-state index is 12.8. The molecule has 0 saturated carbocycles. The van der Waals surface area contributed by atoms with E-state index in [-0.39, 0.29) is 18.4 Å². The Hall–Kier alpha value is -3.35. The van der Waals surface area contributed by atoms with Crippen LogP contribution in [0.1, 0.15) is 35.2 Å². The fourth-order valence-electron chi connectivity index (χ4n) is 3.31. The zero-order valence-corrected chi connectivity index (χ0v) is 16.3. The van der Waals surface area contributed by atoms with Crippen LogP contribution in [0.3, 0.4) is 0 Å². The van der Waals surface area contributed by atoms with Gasteiger partial charge < -0.3 is 20.1 Å². The summed E-state index contributed by atoms with van der Waals surface area (Å²) in [6.45, 7) is 2.22. The summed E-state index contributed by atoms with van der Waals surface area (Å²) >= 11 is 0. The number of hydrogen-bond donors (Lipinski definition) is 2. The van der Waals surface area contributed by atoms with E-state index in [1.165, 1.54) is 4.90 Å². The number of nitrogens with zero attached hydrogens (tertiary/aromatic N) is 1. The van der Waals surface area contributed by atoms with Crippen LogP contribution < -0.4 is 10.1 Å². The van der Waals surface area contributed by atoms with Crippen LogP contribution in [0.5, 0.6) is 5.75 Å². The topological polar surface area (TPSA) is 95.9 Å². The Kier molecular flexibility index (Phi) is 6.49. The first-order valence-corrected chi connectivity index (χ1v) is 9.57. The van der Waals surface area contributed by atoms with E-state index >= 15 is 0 Å². The van der Waals surface area contributed by atoms with Gasteiger partial charge in [-0.1, -0.05) is 23.8 Å². The molecule has 0 aromatic heterocycles. The molecular weight excluding hydrogens is 372 g/mol. The van der Waals surface area contributed by atoms with Crippen LogP contribution in [-0.4, -0.2) is 47.0 Å². The highest BCUT2D eigenvalue weighted by Crippen LogP contribution is 2.21. The van der Waals surface area contributed by atoms with E-state index in [9.17, 15) is 19.5 Å². The number of hydrogen-bond acceptors (Lipinski definition) is 4. The van der Waals surface area contributed by atoms with Gasteiger partial charge in [-0.15, -0.1) is 0 Å². The molecule has 2 aromatic rings. The van der Waals surface area contributed by atoms with Crippen molar-refractivity contribution in [2.75, 3.05) is 18.5 Å². The lowest BCUT2D eigenvalue weighted by Crippen LogP contribution is -2.48. The van der Waals surface area contributed by atoms with Crippen LogP contribution in [0.4, 0.5) is 5.69 Å². The van der Waals surface area contributed by atoms with Crippen molar-refractivity contribution in [3.05, 3.63) is 59.7 Å². The third-order valence-corrected chi connectivity index (χ3v) is 4.83. The van der Waals surface area contributed by atoms with Crippen molar-refractivity contribution in [2.24, 2.45) is 0 Å². The minimum Gasteiger partial charge on any atom is -0.484 e. The lowest BCUT2D eigenvalue weighted by Gasteiger charge is -2.33. The molecule has 0 aliphatic carbocycles. The maximum Gasteiger partial charge on any atom is 0.326 e. The number of nitrogens with one attached hydrogen (secondary N) is 1. The number of benzene rings is 2. The number of aliphatic carboxylic acids is 1. The van der Waals surface area contributed by atoms with E-state index in [1.54, 1.807) is 36.4 Å². The van der Waals surface area contributed by atoms with Crippen molar-refractivity contribution in [1.29, 1.82) is 0 Å². The van der Waals surface area contributed by atoms with Gasteiger partial charge in [0.25, 0.3) is 11.8 Å². The Balaban J connectivity index is 1.62. The Labute approximate surface area is 169 Å². The second-order valence-corrected chi connectivity index (χ2v) is 7.08. The molecule has 7 heteroatoms. The molecule has 29 heavy (non-hydrogen) atoms. The van der Waals surface area contributed by atoms with Gasteiger partial charge in [-0.2, -0.15) is 0 Å². The first kappa shape index (κ1) is 20.4. The van der Waals surface area contributed by atoms with Gasteiger partial charge in [-0.05, 0) is 56.5 Å². The van der Waals surface area contributed by atoms with Crippen LogP contribution in [0, 0.1) is 6.92 Å². The van der Waals surface area contributed by atoms with Gasteiger partial charge in [0, 0.05) is 17.8 Å². The molecule has 1 atom stereocenters. The Morgan fingerprint density at radius 2 is 1.90 bits per heavy atom. The molecule has 3 rings (SSSR count). The molecule has 0 spiro atoms. The largest absolute Gasteiger partial charge is 0.484 e. The second kappa shape index (κ2) is 9.23. The van der Waals surface area contributed by atoms with Gasteiger partial charge in [0.1, 0.15) is 11.8 Å². The van der Waals surface area contributed by atoms with Crippen molar-refractivity contribution < 1.29 is 24.2 Å². The number of ether oxygens (including phenoxy) is 1. The highest BCUT2D eigenvalue weighted by atomic mass is 16.5. The van der Waals surface area contributed by atoms with Gasteiger partial charge in [0.15, 0.2) is 6.61 Å². The highest BCUT2D eigenvalue weighted by Gasteiger charge is 2.32. The molecule has 1 aliphatic heterocycles. The van der Waals surface area contributed by atoms with E-state index in [0.717, 1.165) is 18.4 Å². The fraction of sp³-hybridized carbons (Fsp3) is 0.318. The average molecular weight is 396 g/mol. The quantitative estimate of drug-likeness (QED) is 0.782. The number of anilines is 1. The molecule has 1 unspecified atom stereocenters. The molecule has 2 N–H and O–H groups in total. The smallest absolute Gasteiger partial charge is 0.326 e. The van der Waals surface area contributed by atoms with E-state index in [0.29, 0.717) is 30.0 Å². The zero-order chi connectivity index (χ0) is 20.8. The number of carboxylic acids is 1. The zero-order valence-electron chi connectivity index (χ0n) is 16.3. The summed E-state index contributed by atoms with van der Waals surface area (Å²) in [4.78, 5) is 37.8. The molecule has 152 valence electrons. The molecule has 2 amide bonds.